The first-order valence-corrected chi connectivity index (χ1v) is 6.49. The highest BCUT2D eigenvalue weighted by molar-refractivity contribution is 4.94. The SMILES string of the molecule is CCOCO[C@@H]1[C@H](O)[C@@H](C)O[C@H]1n1cc(F)c(=O)[nH]c1=O. The number of hydrogen-bond acceptors (Lipinski definition) is 6. The van der Waals surface area contributed by atoms with Gasteiger partial charge in [-0.1, -0.05) is 0 Å². The molecule has 1 fully saturated rings. The number of H-pyrrole nitrogens is 1. The van der Waals surface area contributed by atoms with Crippen molar-refractivity contribution in [1.29, 1.82) is 0 Å². The van der Waals surface area contributed by atoms with E-state index in [1.165, 1.54) is 0 Å². The molecule has 0 aromatic carbocycles. The first-order valence-electron chi connectivity index (χ1n) is 6.49. The van der Waals surface area contributed by atoms with E-state index in [9.17, 15) is 19.1 Å². The smallest absolute Gasteiger partial charge is 0.330 e. The third-order valence-corrected chi connectivity index (χ3v) is 3.20. The lowest BCUT2D eigenvalue weighted by Gasteiger charge is -2.22. The van der Waals surface area contributed by atoms with E-state index in [0.29, 0.717) is 6.61 Å². The van der Waals surface area contributed by atoms with Gasteiger partial charge in [0, 0.05) is 6.61 Å². The van der Waals surface area contributed by atoms with E-state index in [-0.39, 0.29) is 6.79 Å². The van der Waals surface area contributed by atoms with Gasteiger partial charge in [-0.2, -0.15) is 4.39 Å². The molecule has 0 amide bonds. The van der Waals surface area contributed by atoms with Crippen LogP contribution < -0.4 is 11.2 Å². The van der Waals surface area contributed by atoms with Crippen molar-refractivity contribution in [3.05, 3.63) is 32.9 Å². The number of halogens is 1. The number of rotatable bonds is 5. The molecular weight excluding hydrogens is 287 g/mol. The van der Waals surface area contributed by atoms with E-state index in [2.05, 4.69) is 0 Å². The summed E-state index contributed by atoms with van der Waals surface area (Å²) < 4.78 is 30.0. The molecule has 2 rings (SSSR count). The molecule has 9 heteroatoms. The van der Waals surface area contributed by atoms with Crippen LogP contribution in [0.1, 0.15) is 20.1 Å². The molecule has 1 aromatic heterocycles. The van der Waals surface area contributed by atoms with Crippen LogP contribution in [0.15, 0.2) is 15.8 Å². The predicted octanol–water partition coefficient (Wildman–Crippen LogP) is -0.667. The molecule has 1 aliphatic heterocycles. The van der Waals surface area contributed by atoms with Crippen molar-refractivity contribution in [3.63, 3.8) is 0 Å². The standard InChI is InChI=1S/C12H17FN2O6/c1-3-19-5-20-9-8(16)6(2)21-11(9)15-4-7(13)10(17)14-12(15)18/h4,6,8-9,11,16H,3,5H2,1-2H3,(H,14,17,18)/t6-,8-,9-,11-/m1/s1. The quantitative estimate of drug-likeness (QED) is 0.552. The highest BCUT2D eigenvalue weighted by Crippen LogP contribution is 2.30. The van der Waals surface area contributed by atoms with Gasteiger partial charge in [0.05, 0.1) is 12.3 Å². The van der Waals surface area contributed by atoms with Crippen LogP contribution in [0.4, 0.5) is 4.39 Å². The molecule has 118 valence electrons. The van der Waals surface area contributed by atoms with Gasteiger partial charge in [0.15, 0.2) is 6.23 Å². The van der Waals surface area contributed by atoms with E-state index >= 15 is 0 Å². The maximum Gasteiger partial charge on any atom is 0.330 e. The lowest BCUT2D eigenvalue weighted by atomic mass is 10.1. The summed E-state index contributed by atoms with van der Waals surface area (Å²) in [6.07, 6.45) is -2.89. The fourth-order valence-electron chi connectivity index (χ4n) is 2.08. The maximum absolute atomic E-state index is 13.4. The minimum absolute atomic E-state index is 0.106. The fraction of sp³-hybridized carbons (Fsp3) is 0.667. The van der Waals surface area contributed by atoms with Crippen molar-refractivity contribution in [2.24, 2.45) is 0 Å². The van der Waals surface area contributed by atoms with Gasteiger partial charge in [0.2, 0.25) is 5.82 Å². The van der Waals surface area contributed by atoms with Crippen molar-refractivity contribution in [2.45, 2.75) is 38.4 Å². The van der Waals surface area contributed by atoms with Gasteiger partial charge in [0.1, 0.15) is 19.0 Å². The summed E-state index contributed by atoms with van der Waals surface area (Å²) in [5, 5.41) is 10.0. The summed E-state index contributed by atoms with van der Waals surface area (Å²) in [6, 6.07) is 0. The number of hydrogen-bond donors (Lipinski definition) is 2. The first-order chi connectivity index (χ1) is 9.95. The number of aliphatic hydroxyl groups excluding tert-OH is 1. The van der Waals surface area contributed by atoms with Crippen molar-refractivity contribution < 1.29 is 23.7 Å². The largest absolute Gasteiger partial charge is 0.388 e. The molecule has 2 heterocycles. The van der Waals surface area contributed by atoms with E-state index in [1.54, 1.807) is 13.8 Å². The zero-order valence-corrected chi connectivity index (χ0v) is 11.6. The van der Waals surface area contributed by atoms with Gasteiger partial charge in [0.25, 0.3) is 5.56 Å². The summed E-state index contributed by atoms with van der Waals surface area (Å²) >= 11 is 0. The lowest BCUT2D eigenvalue weighted by molar-refractivity contribution is -0.138. The number of aromatic amines is 1. The fourth-order valence-corrected chi connectivity index (χ4v) is 2.08. The molecule has 0 saturated carbocycles. The summed E-state index contributed by atoms with van der Waals surface area (Å²) in [5.74, 6) is -1.13. The van der Waals surface area contributed by atoms with Gasteiger partial charge in [-0.05, 0) is 13.8 Å². The molecule has 1 aliphatic rings. The number of aromatic nitrogens is 2. The second kappa shape index (κ2) is 6.48. The molecule has 0 radical (unpaired) electrons. The Kier molecular flexibility index (Phi) is 4.88. The normalized spacial score (nSPS) is 29.0. The Labute approximate surface area is 119 Å². The van der Waals surface area contributed by atoms with E-state index in [1.807, 2.05) is 4.98 Å². The molecule has 0 aliphatic carbocycles. The van der Waals surface area contributed by atoms with Gasteiger partial charge in [-0.3, -0.25) is 14.3 Å². The summed E-state index contributed by atoms with van der Waals surface area (Å²) in [7, 11) is 0. The molecule has 2 N–H and O–H groups in total. The van der Waals surface area contributed by atoms with E-state index < -0.39 is 41.6 Å². The molecule has 8 nitrogen and oxygen atoms in total. The van der Waals surface area contributed by atoms with Crippen molar-refractivity contribution >= 4 is 0 Å². The zero-order chi connectivity index (χ0) is 15.6. The molecule has 0 spiro atoms. The highest BCUT2D eigenvalue weighted by Gasteiger charge is 2.44. The summed E-state index contributed by atoms with van der Waals surface area (Å²) in [4.78, 5) is 24.6. The van der Waals surface area contributed by atoms with Crippen LogP contribution in [0.3, 0.4) is 0 Å². The van der Waals surface area contributed by atoms with Gasteiger partial charge < -0.3 is 19.3 Å². The Morgan fingerprint density at radius 3 is 2.90 bits per heavy atom. The molecule has 4 atom stereocenters. The topological polar surface area (TPSA) is 103 Å². The van der Waals surface area contributed by atoms with Gasteiger partial charge in [-0.15, -0.1) is 0 Å². The lowest BCUT2D eigenvalue weighted by Crippen LogP contribution is -2.40. The summed E-state index contributed by atoms with van der Waals surface area (Å²) in [6.45, 7) is 3.67. The van der Waals surface area contributed by atoms with E-state index in [0.717, 1.165) is 10.8 Å². The van der Waals surface area contributed by atoms with Gasteiger partial charge >= 0.3 is 5.69 Å². The first kappa shape index (κ1) is 15.8. The van der Waals surface area contributed by atoms with Crippen LogP contribution >= 0.6 is 0 Å². The van der Waals surface area contributed by atoms with Crippen LogP contribution in [0.5, 0.6) is 0 Å². The Hall–Kier alpha value is -1.55. The Morgan fingerprint density at radius 2 is 2.24 bits per heavy atom. The second-order valence-corrected chi connectivity index (χ2v) is 4.61. The van der Waals surface area contributed by atoms with Gasteiger partial charge in [-0.25, -0.2) is 4.79 Å². The zero-order valence-electron chi connectivity index (χ0n) is 11.6. The van der Waals surface area contributed by atoms with Crippen molar-refractivity contribution in [3.8, 4) is 0 Å². The monoisotopic (exact) mass is 304 g/mol. The predicted molar refractivity (Wildman–Crippen MR) is 68.2 cm³/mol. The van der Waals surface area contributed by atoms with Crippen LogP contribution in [0.25, 0.3) is 0 Å². The average molecular weight is 304 g/mol. The highest BCUT2D eigenvalue weighted by atomic mass is 19.1. The molecule has 0 bridgehead atoms. The Morgan fingerprint density at radius 1 is 1.52 bits per heavy atom. The molecule has 21 heavy (non-hydrogen) atoms. The van der Waals surface area contributed by atoms with Crippen LogP contribution in [-0.4, -0.2) is 46.4 Å². The van der Waals surface area contributed by atoms with E-state index in [4.69, 9.17) is 14.2 Å². The third kappa shape index (κ3) is 3.21. The Balaban J connectivity index is 2.29. The molecule has 1 saturated heterocycles. The molecule has 0 unspecified atom stereocenters. The molecular formula is C12H17FN2O6. The van der Waals surface area contributed by atoms with Crippen LogP contribution in [0.2, 0.25) is 0 Å². The van der Waals surface area contributed by atoms with Crippen LogP contribution in [-0.2, 0) is 14.2 Å². The number of nitrogens with zero attached hydrogens (tertiary/aromatic N) is 1. The number of nitrogens with one attached hydrogen (secondary N) is 1. The minimum atomic E-state index is -1.13. The summed E-state index contributed by atoms with van der Waals surface area (Å²) in [5.41, 5.74) is -1.97. The van der Waals surface area contributed by atoms with Crippen molar-refractivity contribution in [2.75, 3.05) is 13.4 Å². The second-order valence-electron chi connectivity index (χ2n) is 4.61. The average Bonchev–Trinajstić information content (AvgIpc) is 2.71. The van der Waals surface area contributed by atoms with Crippen LogP contribution in [0, 0.1) is 5.82 Å². The Bertz CT molecular complexity index is 600. The van der Waals surface area contributed by atoms with Crippen molar-refractivity contribution in [1.82, 2.24) is 9.55 Å². The number of ether oxygens (including phenoxy) is 3. The minimum Gasteiger partial charge on any atom is -0.388 e. The molecule has 1 aromatic rings. The maximum atomic E-state index is 13.4. The third-order valence-electron chi connectivity index (χ3n) is 3.20. The number of aliphatic hydroxyl groups is 1.